The molecule has 0 N–H and O–H groups in total. The van der Waals surface area contributed by atoms with Crippen LogP contribution in [0.15, 0.2) is 60.7 Å². The molecular weight excluding hydrogens is 395 g/mol. The molecular formula is C27H22ClFO. The van der Waals surface area contributed by atoms with E-state index in [4.69, 9.17) is 22.8 Å². The van der Waals surface area contributed by atoms with E-state index in [9.17, 15) is 4.39 Å². The van der Waals surface area contributed by atoms with E-state index in [1.54, 1.807) is 6.07 Å². The highest BCUT2D eigenvalue weighted by Crippen LogP contribution is 2.35. The van der Waals surface area contributed by atoms with E-state index in [2.05, 4.69) is 49.1 Å². The molecule has 0 aliphatic carbocycles. The summed E-state index contributed by atoms with van der Waals surface area (Å²) in [5.41, 5.74) is 5.01. The summed E-state index contributed by atoms with van der Waals surface area (Å²) in [4.78, 5) is 0. The maximum absolute atomic E-state index is 14.5. The molecule has 3 aromatic rings. The monoisotopic (exact) mass is 416 g/mol. The molecule has 0 atom stereocenters. The average Bonchev–Trinajstić information content (AvgIpc) is 2.78. The molecule has 30 heavy (non-hydrogen) atoms. The number of halogens is 2. The molecule has 3 rings (SSSR count). The first-order valence-corrected chi connectivity index (χ1v) is 10.3. The summed E-state index contributed by atoms with van der Waals surface area (Å²) in [5.74, 6) is 3.66. The van der Waals surface area contributed by atoms with Crippen LogP contribution in [0.4, 0.5) is 4.39 Å². The van der Waals surface area contributed by atoms with Crippen LogP contribution in [-0.2, 0) is 6.42 Å². The Morgan fingerprint density at radius 2 is 1.53 bits per heavy atom. The third-order valence-electron chi connectivity index (χ3n) is 4.88. The van der Waals surface area contributed by atoms with Gasteiger partial charge in [0.05, 0.1) is 5.02 Å². The highest BCUT2D eigenvalue weighted by molar-refractivity contribution is 6.33. The van der Waals surface area contributed by atoms with Gasteiger partial charge < -0.3 is 4.74 Å². The SMILES string of the molecule is C#CC#COc1ccc(-c2ccc(-c3ccc(CCCCC)cc3)cc2)c(Cl)c1F. The number of terminal acetylenes is 1. The largest absolute Gasteiger partial charge is 0.403 e. The number of hydrogen-bond donors (Lipinski definition) is 0. The molecule has 0 radical (unpaired) electrons. The van der Waals surface area contributed by atoms with E-state index in [-0.39, 0.29) is 10.8 Å². The Bertz CT molecular complexity index is 1100. The van der Waals surface area contributed by atoms with Crippen LogP contribution in [0.2, 0.25) is 5.02 Å². The molecule has 0 aliphatic heterocycles. The van der Waals surface area contributed by atoms with E-state index in [1.807, 2.05) is 24.3 Å². The fourth-order valence-corrected chi connectivity index (χ4v) is 3.49. The highest BCUT2D eigenvalue weighted by Gasteiger charge is 2.14. The summed E-state index contributed by atoms with van der Waals surface area (Å²) in [7, 11) is 0. The van der Waals surface area contributed by atoms with Gasteiger partial charge in [-0.25, -0.2) is 4.39 Å². The highest BCUT2D eigenvalue weighted by atomic mass is 35.5. The lowest BCUT2D eigenvalue weighted by Gasteiger charge is -2.10. The second kappa shape index (κ2) is 10.5. The Kier molecular flexibility index (Phi) is 7.56. The molecule has 0 unspecified atom stereocenters. The van der Waals surface area contributed by atoms with Crippen LogP contribution in [0.1, 0.15) is 31.7 Å². The predicted molar refractivity (Wildman–Crippen MR) is 123 cm³/mol. The van der Waals surface area contributed by atoms with Crippen LogP contribution in [0.3, 0.4) is 0 Å². The van der Waals surface area contributed by atoms with Crippen molar-refractivity contribution in [1.82, 2.24) is 0 Å². The van der Waals surface area contributed by atoms with Crippen molar-refractivity contribution in [2.24, 2.45) is 0 Å². The Morgan fingerprint density at radius 1 is 0.900 bits per heavy atom. The zero-order valence-corrected chi connectivity index (χ0v) is 17.6. The van der Waals surface area contributed by atoms with Crippen molar-refractivity contribution in [2.45, 2.75) is 32.6 Å². The molecule has 3 heteroatoms. The normalized spacial score (nSPS) is 10.1. The summed E-state index contributed by atoms with van der Waals surface area (Å²) in [6, 6.07) is 19.8. The summed E-state index contributed by atoms with van der Waals surface area (Å²) in [6.45, 7) is 2.21. The zero-order valence-electron chi connectivity index (χ0n) is 16.8. The number of benzene rings is 3. The molecule has 3 aromatic carbocycles. The van der Waals surface area contributed by atoms with Crippen molar-refractivity contribution in [3.05, 3.63) is 77.1 Å². The van der Waals surface area contributed by atoms with Gasteiger partial charge in [-0.2, -0.15) is 0 Å². The molecule has 0 aromatic heterocycles. The molecule has 0 aliphatic rings. The minimum atomic E-state index is -0.664. The number of rotatable bonds is 7. The van der Waals surface area contributed by atoms with E-state index in [0.29, 0.717) is 5.56 Å². The van der Waals surface area contributed by atoms with Crippen molar-refractivity contribution in [2.75, 3.05) is 0 Å². The van der Waals surface area contributed by atoms with Crippen LogP contribution in [0.25, 0.3) is 22.3 Å². The fraction of sp³-hybridized carbons (Fsp3) is 0.185. The van der Waals surface area contributed by atoms with Crippen LogP contribution < -0.4 is 4.74 Å². The average molecular weight is 417 g/mol. The first-order chi connectivity index (χ1) is 14.6. The van der Waals surface area contributed by atoms with Crippen LogP contribution >= 0.6 is 11.6 Å². The zero-order chi connectivity index (χ0) is 21.3. The van der Waals surface area contributed by atoms with Crippen molar-refractivity contribution in [3.8, 4) is 52.4 Å². The van der Waals surface area contributed by atoms with Gasteiger partial charge in [-0.3, -0.25) is 0 Å². The van der Waals surface area contributed by atoms with Gasteiger partial charge in [0.25, 0.3) is 0 Å². The third-order valence-corrected chi connectivity index (χ3v) is 5.25. The van der Waals surface area contributed by atoms with Gasteiger partial charge in [0.15, 0.2) is 11.6 Å². The van der Waals surface area contributed by atoms with Gasteiger partial charge in [0, 0.05) is 11.5 Å². The molecule has 0 spiro atoms. The van der Waals surface area contributed by atoms with E-state index in [1.165, 1.54) is 30.9 Å². The van der Waals surface area contributed by atoms with Crippen molar-refractivity contribution < 1.29 is 9.13 Å². The van der Waals surface area contributed by atoms with Crippen molar-refractivity contribution in [3.63, 3.8) is 0 Å². The number of aryl methyl sites for hydroxylation is 1. The standard InChI is InChI=1S/C27H22ClFO/c1-3-5-7-8-20-9-11-21(12-10-20)22-13-15-23(16-14-22)24-17-18-25(27(29)26(24)28)30-19-6-4-2/h2,9-18H,3,5,7-8H2,1H3. The lowest BCUT2D eigenvalue weighted by molar-refractivity contribution is 0.470. The van der Waals surface area contributed by atoms with Crippen LogP contribution in [0.5, 0.6) is 5.75 Å². The fourth-order valence-electron chi connectivity index (χ4n) is 3.23. The summed E-state index contributed by atoms with van der Waals surface area (Å²) in [5, 5.41) is -0.0146. The number of unbranched alkanes of at least 4 members (excludes halogenated alkanes) is 2. The molecule has 1 nitrogen and oxygen atoms in total. The predicted octanol–water partition coefficient (Wildman–Crippen LogP) is 7.52. The van der Waals surface area contributed by atoms with Gasteiger partial charge in [-0.1, -0.05) is 79.9 Å². The van der Waals surface area contributed by atoms with E-state index in [0.717, 1.165) is 23.1 Å². The van der Waals surface area contributed by atoms with E-state index < -0.39 is 5.82 Å². The third kappa shape index (κ3) is 5.24. The Morgan fingerprint density at radius 3 is 2.17 bits per heavy atom. The van der Waals surface area contributed by atoms with Gasteiger partial charge in [-0.15, -0.1) is 6.42 Å². The summed E-state index contributed by atoms with van der Waals surface area (Å²) < 4.78 is 19.5. The maximum atomic E-state index is 14.5. The lowest BCUT2D eigenvalue weighted by atomic mass is 9.98. The second-order valence-electron chi connectivity index (χ2n) is 6.94. The molecule has 0 saturated heterocycles. The Hall–Kier alpha value is -3.20. The maximum Gasteiger partial charge on any atom is 0.185 e. The molecule has 150 valence electrons. The topological polar surface area (TPSA) is 9.23 Å². The first-order valence-electron chi connectivity index (χ1n) is 9.94. The first kappa shape index (κ1) is 21.5. The van der Waals surface area contributed by atoms with Gasteiger partial charge in [-0.05, 0) is 53.1 Å². The molecule has 0 amide bonds. The Labute approximate surface area is 182 Å². The molecule has 0 fully saturated rings. The second-order valence-corrected chi connectivity index (χ2v) is 7.32. The van der Waals surface area contributed by atoms with Crippen molar-refractivity contribution in [1.29, 1.82) is 0 Å². The Balaban J connectivity index is 1.77. The molecule has 0 bridgehead atoms. The smallest absolute Gasteiger partial charge is 0.185 e. The quantitative estimate of drug-likeness (QED) is 0.286. The van der Waals surface area contributed by atoms with Gasteiger partial charge in [0.2, 0.25) is 0 Å². The van der Waals surface area contributed by atoms with Crippen LogP contribution in [0, 0.1) is 30.2 Å². The van der Waals surface area contributed by atoms with Gasteiger partial charge in [0.1, 0.15) is 6.11 Å². The van der Waals surface area contributed by atoms with Gasteiger partial charge >= 0.3 is 0 Å². The summed E-state index contributed by atoms with van der Waals surface area (Å²) >= 11 is 6.23. The molecule has 0 heterocycles. The van der Waals surface area contributed by atoms with Crippen molar-refractivity contribution >= 4 is 11.6 Å². The van der Waals surface area contributed by atoms with E-state index >= 15 is 0 Å². The number of ether oxygens (including phenoxy) is 1. The lowest BCUT2D eigenvalue weighted by Crippen LogP contribution is -1.91. The van der Waals surface area contributed by atoms with Crippen LogP contribution in [-0.4, -0.2) is 0 Å². The molecule has 0 saturated carbocycles. The number of hydrogen-bond acceptors (Lipinski definition) is 1. The summed E-state index contributed by atoms with van der Waals surface area (Å²) in [6.07, 6.45) is 12.1. The minimum Gasteiger partial charge on any atom is -0.403 e. The minimum absolute atomic E-state index is 0.0146.